The molecule has 0 aromatic heterocycles. The number of amides is 2. The molecule has 0 atom stereocenters. The van der Waals surface area contributed by atoms with Crippen LogP contribution in [0.1, 0.15) is 31.8 Å². The minimum Gasteiger partial charge on any atom is -0.467 e. The molecule has 0 spiro atoms. The molecule has 148 valence electrons. The van der Waals surface area contributed by atoms with Crippen LogP contribution in [0.3, 0.4) is 0 Å². The number of imide groups is 1. The summed E-state index contributed by atoms with van der Waals surface area (Å²) in [5.41, 5.74) is 1.03. The van der Waals surface area contributed by atoms with Crippen LogP contribution in [0.5, 0.6) is 5.75 Å². The number of nitrogens with zero attached hydrogens (tertiary/aromatic N) is 2. The van der Waals surface area contributed by atoms with Crippen molar-refractivity contribution in [3.8, 4) is 5.75 Å². The van der Waals surface area contributed by atoms with Crippen LogP contribution < -0.4 is 4.74 Å². The monoisotopic (exact) mass is 398 g/mol. The predicted octanol–water partition coefficient (Wildman–Crippen LogP) is 1.80. The van der Waals surface area contributed by atoms with Crippen molar-refractivity contribution < 1.29 is 33.5 Å². The van der Waals surface area contributed by atoms with Gasteiger partial charge in [0, 0.05) is 23.3 Å². The van der Waals surface area contributed by atoms with Gasteiger partial charge in [-0.25, -0.2) is 0 Å². The largest absolute Gasteiger partial charge is 0.467 e. The van der Waals surface area contributed by atoms with Crippen molar-refractivity contribution in [2.45, 2.75) is 13.2 Å². The van der Waals surface area contributed by atoms with Crippen LogP contribution in [0.2, 0.25) is 0 Å². The highest BCUT2D eigenvalue weighted by Crippen LogP contribution is 2.33. The van der Waals surface area contributed by atoms with Crippen LogP contribution in [-0.4, -0.2) is 40.9 Å². The molecule has 10 nitrogen and oxygen atoms in total. The van der Waals surface area contributed by atoms with Gasteiger partial charge in [-0.15, -0.1) is 0 Å². The van der Waals surface area contributed by atoms with E-state index in [0.717, 1.165) is 4.90 Å². The number of non-ortho nitro benzene ring substituents is 1. The SMILES string of the molecule is O=C(CN1C(=O)c2ccccc2C1=O)OCc1cc([N+](=O)[O-])cc2c1OCOC2. The number of carbonyl (C=O) groups excluding carboxylic acids is 3. The van der Waals surface area contributed by atoms with Crippen LogP contribution in [0.4, 0.5) is 5.69 Å². The van der Waals surface area contributed by atoms with E-state index in [-0.39, 0.29) is 36.8 Å². The van der Waals surface area contributed by atoms with Gasteiger partial charge in [-0.3, -0.25) is 29.4 Å². The Morgan fingerprint density at radius 1 is 1.17 bits per heavy atom. The number of nitro benzene ring substituents is 1. The molecule has 2 aliphatic rings. The highest BCUT2D eigenvalue weighted by atomic mass is 16.7. The number of ether oxygens (including phenoxy) is 3. The topological polar surface area (TPSA) is 125 Å². The Hall–Kier alpha value is -3.79. The first-order valence-electron chi connectivity index (χ1n) is 8.57. The van der Waals surface area contributed by atoms with Crippen molar-refractivity contribution >= 4 is 23.5 Å². The highest BCUT2D eigenvalue weighted by Gasteiger charge is 2.36. The van der Waals surface area contributed by atoms with E-state index in [1.54, 1.807) is 12.1 Å². The van der Waals surface area contributed by atoms with E-state index in [9.17, 15) is 24.5 Å². The smallest absolute Gasteiger partial charge is 0.326 e. The molecule has 0 aliphatic carbocycles. The maximum absolute atomic E-state index is 12.3. The number of fused-ring (bicyclic) bond motifs is 2. The lowest BCUT2D eigenvalue weighted by atomic mass is 10.1. The summed E-state index contributed by atoms with van der Waals surface area (Å²) in [5.74, 6) is -1.62. The summed E-state index contributed by atoms with van der Waals surface area (Å²) in [6, 6.07) is 8.85. The minimum absolute atomic E-state index is 0.0270. The molecule has 10 heteroatoms. The lowest BCUT2D eigenvalue weighted by Gasteiger charge is -2.20. The molecule has 4 rings (SSSR count). The second kappa shape index (κ2) is 7.32. The van der Waals surface area contributed by atoms with Crippen LogP contribution in [0.15, 0.2) is 36.4 Å². The maximum Gasteiger partial charge on any atom is 0.326 e. The molecule has 29 heavy (non-hydrogen) atoms. The number of nitro groups is 1. The van der Waals surface area contributed by atoms with Gasteiger partial charge in [0.25, 0.3) is 17.5 Å². The standard InChI is InChI=1S/C19H14N2O8/c22-16(7-20-18(23)14-3-1-2-4-15(14)19(20)24)28-9-12-6-13(21(25)26)5-11-8-27-10-29-17(11)12/h1-6H,7-10H2. The average molecular weight is 398 g/mol. The molecule has 2 heterocycles. The Balaban J connectivity index is 1.47. The Bertz CT molecular complexity index is 1010. The zero-order valence-corrected chi connectivity index (χ0v) is 15.0. The number of benzene rings is 2. The first-order valence-corrected chi connectivity index (χ1v) is 8.57. The van der Waals surface area contributed by atoms with Gasteiger partial charge in [-0.05, 0) is 12.1 Å². The first kappa shape index (κ1) is 18.6. The molecule has 0 radical (unpaired) electrons. The molecule has 0 saturated carbocycles. The predicted molar refractivity (Wildman–Crippen MR) is 95.0 cm³/mol. The number of carbonyl (C=O) groups is 3. The van der Waals surface area contributed by atoms with Gasteiger partial charge in [0.05, 0.1) is 22.7 Å². The summed E-state index contributed by atoms with van der Waals surface area (Å²) in [6.45, 7) is -0.771. The third-order valence-electron chi connectivity index (χ3n) is 4.54. The Morgan fingerprint density at radius 2 is 1.86 bits per heavy atom. The van der Waals surface area contributed by atoms with E-state index in [2.05, 4.69) is 0 Å². The van der Waals surface area contributed by atoms with E-state index in [1.807, 2.05) is 0 Å². The van der Waals surface area contributed by atoms with Crippen LogP contribution in [0, 0.1) is 10.1 Å². The fourth-order valence-electron chi connectivity index (χ4n) is 3.21. The first-order chi connectivity index (χ1) is 14.0. The minimum atomic E-state index is -0.827. The summed E-state index contributed by atoms with van der Waals surface area (Å²) in [7, 11) is 0. The Kier molecular flexibility index (Phi) is 4.69. The van der Waals surface area contributed by atoms with Crippen molar-refractivity contribution in [3.63, 3.8) is 0 Å². The van der Waals surface area contributed by atoms with E-state index in [1.165, 1.54) is 24.3 Å². The van der Waals surface area contributed by atoms with Crippen molar-refractivity contribution in [1.29, 1.82) is 0 Å². The zero-order valence-electron chi connectivity index (χ0n) is 15.0. The van der Waals surface area contributed by atoms with Gasteiger partial charge < -0.3 is 14.2 Å². The quantitative estimate of drug-likeness (QED) is 0.323. The summed E-state index contributed by atoms with van der Waals surface area (Å²) >= 11 is 0. The molecule has 0 fully saturated rings. The van der Waals surface area contributed by atoms with Crippen LogP contribution >= 0.6 is 0 Å². The fraction of sp³-hybridized carbons (Fsp3) is 0.211. The number of esters is 1. The number of hydrogen-bond donors (Lipinski definition) is 0. The van der Waals surface area contributed by atoms with E-state index >= 15 is 0 Å². The zero-order chi connectivity index (χ0) is 20.5. The van der Waals surface area contributed by atoms with E-state index < -0.39 is 29.3 Å². The average Bonchev–Trinajstić information content (AvgIpc) is 2.97. The van der Waals surface area contributed by atoms with Gasteiger partial charge >= 0.3 is 5.97 Å². The molecule has 2 aliphatic heterocycles. The van der Waals surface area contributed by atoms with Gasteiger partial charge in [-0.1, -0.05) is 12.1 Å². The van der Waals surface area contributed by atoms with Gasteiger partial charge in [-0.2, -0.15) is 0 Å². The van der Waals surface area contributed by atoms with E-state index in [4.69, 9.17) is 14.2 Å². The summed E-state index contributed by atoms with van der Waals surface area (Å²) in [5, 5.41) is 11.1. The summed E-state index contributed by atoms with van der Waals surface area (Å²) < 4.78 is 15.7. The molecule has 2 amide bonds. The molecule has 0 bridgehead atoms. The van der Waals surface area contributed by atoms with Gasteiger partial charge in [0.1, 0.15) is 18.9 Å². The fourth-order valence-corrected chi connectivity index (χ4v) is 3.21. The Labute approximate surface area is 163 Å². The van der Waals surface area contributed by atoms with Crippen molar-refractivity contribution in [1.82, 2.24) is 4.90 Å². The summed E-state index contributed by atoms with van der Waals surface area (Å²) in [4.78, 5) is 48.2. The highest BCUT2D eigenvalue weighted by molar-refractivity contribution is 6.22. The number of hydrogen-bond acceptors (Lipinski definition) is 8. The lowest BCUT2D eigenvalue weighted by molar-refractivity contribution is -0.385. The van der Waals surface area contributed by atoms with Crippen molar-refractivity contribution in [2.24, 2.45) is 0 Å². The van der Waals surface area contributed by atoms with Crippen LogP contribution in [0.25, 0.3) is 0 Å². The van der Waals surface area contributed by atoms with Gasteiger partial charge in [0.2, 0.25) is 0 Å². The number of rotatable bonds is 5. The third kappa shape index (κ3) is 3.41. The second-order valence-electron chi connectivity index (χ2n) is 6.36. The third-order valence-corrected chi connectivity index (χ3v) is 4.54. The second-order valence-corrected chi connectivity index (χ2v) is 6.36. The Morgan fingerprint density at radius 3 is 2.52 bits per heavy atom. The normalized spacial score (nSPS) is 14.8. The maximum atomic E-state index is 12.3. The van der Waals surface area contributed by atoms with Crippen LogP contribution in [-0.2, 0) is 27.5 Å². The van der Waals surface area contributed by atoms with Crippen molar-refractivity contribution in [2.75, 3.05) is 13.3 Å². The van der Waals surface area contributed by atoms with E-state index in [0.29, 0.717) is 16.9 Å². The van der Waals surface area contributed by atoms with Crippen molar-refractivity contribution in [3.05, 3.63) is 68.8 Å². The lowest BCUT2D eigenvalue weighted by Crippen LogP contribution is -2.35. The molecular formula is C19H14N2O8. The summed E-state index contributed by atoms with van der Waals surface area (Å²) in [6.07, 6.45) is 0. The van der Waals surface area contributed by atoms with Gasteiger partial charge in [0.15, 0.2) is 6.79 Å². The molecule has 0 N–H and O–H groups in total. The molecule has 2 aromatic carbocycles. The molecular weight excluding hydrogens is 384 g/mol. The molecule has 2 aromatic rings. The molecule has 0 saturated heterocycles. The molecule has 0 unspecified atom stereocenters.